The van der Waals surface area contributed by atoms with Gasteiger partial charge in [-0.25, -0.2) is 0 Å². The van der Waals surface area contributed by atoms with Crippen LogP contribution in [-0.4, -0.2) is 37.1 Å². The number of piperidine rings is 1. The van der Waals surface area contributed by atoms with Gasteiger partial charge >= 0.3 is 5.97 Å². The largest absolute Gasteiger partial charge is 0.466 e. The third-order valence-electron chi connectivity index (χ3n) is 5.86. The van der Waals surface area contributed by atoms with E-state index in [1.807, 2.05) is 6.92 Å². The summed E-state index contributed by atoms with van der Waals surface area (Å²) >= 11 is 0. The van der Waals surface area contributed by atoms with E-state index in [0.29, 0.717) is 6.61 Å². The second kappa shape index (κ2) is 9.23. The van der Waals surface area contributed by atoms with Crippen LogP contribution in [0, 0.1) is 5.92 Å². The van der Waals surface area contributed by atoms with Gasteiger partial charge < -0.3 is 9.64 Å². The van der Waals surface area contributed by atoms with Crippen LogP contribution in [0.1, 0.15) is 48.4 Å². The molecule has 1 unspecified atom stereocenters. The lowest BCUT2D eigenvalue weighted by Gasteiger charge is -2.31. The molecule has 2 aliphatic rings. The molecule has 0 bridgehead atoms. The van der Waals surface area contributed by atoms with Crippen molar-refractivity contribution >= 4 is 23.7 Å². The molecule has 1 aliphatic heterocycles. The lowest BCUT2D eigenvalue weighted by Crippen LogP contribution is -2.39. The number of benzene rings is 2. The van der Waals surface area contributed by atoms with E-state index in [9.17, 15) is 4.79 Å². The number of carbonyl (C=O) groups excluding carboxylic acids is 1. The lowest BCUT2D eigenvalue weighted by atomic mass is 9.92. The van der Waals surface area contributed by atoms with Crippen molar-refractivity contribution < 1.29 is 9.53 Å². The fraction of sp³-hybridized carbons (Fsp3) is 0.346. The van der Waals surface area contributed by atoms with Gasteiger partial charge in [-0.15, -0.1) is 0 Å². The first-order valence-corrected chi connectivity index (χ1v) is 10.7. The summed E-state index contributed by atoms with van der Waals surface area (Å²) in [5, 5.41) is 0. The fourth-order valence-electron chi connectivity index (χ4n) is 4.42. The quantitative estimate of drug-likeness (QED) is 0.559. The normalized spacial score (nSPS) is 18.5. The van der Waals surface area contributed by atoms with Gasteiger partial charge in [0.25, 0.3) is 0 Å². The molecule has 4 rings (SSSR count). The van der Waals surface area contributed by atoms with E-state index in [-0.39, 0.29) is 11.9 Å². The first-order valence-electron chi connectivity index (χ1n) is 10.7. The number of likely N-dealkylation sites (tertiary alicyclic amines) is 1. The van der Waals surface area contributed by atoms with Crippen molar-refractivity contribution in [3.05, 3.63) is 76.9 Å². The van der Waals surface area contributed by atoms with Crippen LogP contribution >= 0.6 is 0 Å². The predicted octanol–water partition coefficient (Wildman–Crippen LogP) is 5.27. The average Bonchev–Trinajstić information content (AvgIpc) is 2.92. The maximum atomic E-state index is 12.1. The van der Waals surface area contributed by atoms with E-state index in [0.717, 1.165) is 38.9 Å². The maximum Gasteiger partial charge on any atom is 0.310 e. The Bertz CT molecular complexity index is 876. The number of hydrogen-bond donors (Lipinski definition) is 0. The summed E-state index contributed by atoms with van der Waals surface area (Å²) in [6, 6.07) is 17.2. The molecule has 0 N–H and O–H groups in total. The molecule has 0 spiro atoms. The van der Waals surface area contributed by atoms with Gasteiger partial charge in [-0.05, 0) is 60.6 Å². The van der Waals surface area contributed by atoms with E-state index >= 15 is 0 Å². The van der Waals surface area contributed by atoms with E-state index < -0.39 is 0 Å². The second-order valence-corrected chi connectivity index (χ2v) is 7.81. The van der Waals surface area contributed by atoms with Crippen molar-refractivity contribution in [2.75, 3.05) is 26.2 Å². The third-order valence-corrected chi connectivity index (χ3v) is 5.86. The minimum absolute atomic E-state index is 0.0277. The second-order valence-electron chi connectivity index (χ2n) is 7.81. The molecule has 3 nitrogen and oxygen atoms in total. The molecule has 1 atom stereocenters. The van der Waals surface area contributed by atoms with Gasteiger partial charge in [-0.3, -0.25) is 4.79 Å². The van der Waals surface area contributed by atoms with E-state index in [1.54, 1.807) is 0 Å². The van der Waals surface area contributed by atoms with E-state index in [4.69, 9.17) is 4.74 Å². The molecule has 3 heteroatoms. The molecular formula is C26H29NO2. The zero-order valence-electron chi connectivity index (χ0n) is 17.1. The molecule has 0 aromatic heterocycles. The standard InChI is InChI=1S/C26H29NO2/c1-2-29-26(28)22-11-7-17-27(19-22)18-8-14-25-23-12-5-3-9-20(23)15-16-21-10-4-6-13-24(21)25/h3-6,9-10,12-16,22H,2,7-8,11,17-19H2,1H3. The Balaban J connectivity index is 1.51. The molecule has 1 saturated heterocycles. The van der Waals surface area contributed by atoms with E-state index in [1.165, 1.54) is 27.8 Å². The summed E-state index contributed by atoms with van der Waals surface area (Å²) in [4.78, 5) is 14.5. The summed E-state index contributed by atoms with van der Waals surface area (Å²) in [6.45, 7) is 5.19. The molecule has 2 aromatic rings. The van der Waals surface area contributed by atoms with Gasteiger partial charge in [0.05, 0.1) is 12.5 Å². The van der Waals surface area contributed by atoms with Crippen molar-refractivity contribution in [3.8, 4) is 0 Å². The van der Waals surface area contributed by atoms with Crippen LogP contribution in [0.15, 0.2) is 54.6 Å². The topological polar surface area (TPSA) is 29.5 Å². The molecule has 0 amide bonds. The maximum absolute atomic E-state index is 12.1. The van der Waals surface area contributed by atoms with Crippen LogP contribution in [-0.2, 0) is 9.53 Å². The van der Waals surface area contributed by atoms with Gasteiger partial charge in [0.15, 0.2) is 0 Å². The first-order chi connectivity index (χ1) is 14.3. The highest BCUT2D eigenvalue weighted by Crippen LogP contribution is 2.34. The van der Waals surface area contributed by atoms with Crippen LogP contribution in [0.2, 0.25) is 0 Å². The van der Waals surface area contributed by atoms with Crippen molar-refractivity contribution in [1.82, 2.24) is 4.90 Å². The Morgan fingerprint density at radius 2 is 1.72 bits per heavy atom. The molecule has 29 heavy (non-hydrogen) atoms. The van der Waals surface area contributed by atoms with Crippen LogP contribution < -0.4 is 0 Å². The predicted molar refractivity (Wildman–Crippen MR) is 119 cm³/mol. The molecule has 1 fully saturated rings. The first kappa shape index (κ1) is 19.7. The van der Waals surface area contributed by atoms with Crippen molar-refractivity contribution in [2.45, 2.75) is 26.2 Å². The van der Waals surface area contributed by atoms with Crippen LogP contribution in [0.4, 0.5) is 0 Å². The molecule has 1 heterocycles. The van der Waals surface area contributed by atoms with Crippen LogP contribution in [0.3, 0.4) is 0 Å². The number of esters is 1. The SMILES string of the molecule is CCOC(=O)C1CCCN(CCC=C2c3ccccc3C=Cc3ccccc32)C1. The van der Waals surface area contributed by atoms with Crippen LogP contribution in [0.25, 0.3) is 17.7 Å². The zero-order valence-corrected chi connectivity index (χ0v) is 17.1. The summed E-state index contributed by atoms with van der Waals surface area (Å²) in [7, 11) is 0. The minimum Gasteiger partial charge on any atom is -0.466 e. The number of hydrogen-bond acceptors (Lipinski definition) is 3. The summed E-state index contributed by atoms with van der Waals surface area (Å²) in [6.07, 6.45) is 9.78. The van der Waals surface area contributed by atoms with Crippen molar-refractivity contribution in [1.29, 1.82) is 0 Å². The number of rotatable bonds is 5. The van der Waals surface area contributed by atoms with Gasteiger partial charge in [0.1, 0.15) is 0 Å². The lowest BCUT2D eigenvalue weighted by molar-refractivity contribution is -0.149. The van der Waals surface area contributed by atoms with E-state index in [2.05, 4.69) is 71.7 Å². The van der Waals surface area contributed by atoms with Gasteiger partial charge in [-0.1, -0.05) is 66.8 Å². The molecule has 2 aromatic carbocycles. The number of fused-ring (bicyclic) bond motifs is 2. The number of ether oxygens (including phenoxy) is 1. The fourth-order valence-corrected chi connectivity index (χ4v) is 4.42. The summed E-state index contributed by atoms with van der Waals surface area (Å²) in [5.41, 5.74) is 6.40. The zero-order chi connectivity index (χ0) is 20.1. The molecule has 1 aliphatic carbocycles. The number of nitrogens with zero attached hydrogens (tertiary/aromatic N) is 1. The van der Waals surface area contributed by atoms with Crippen molar-refractivity contribution in [3.63, 3.8) is 0 Å². The van der Waals surface area contributed by atoms with Crippen molar-refractivity contribution in [2.24, 2.45) is 5.92 Å². The summed E-state index contributed by atoms with van der Waals surface area (Å²) < 4.78 is 5.24. The summed E-state index contributed by atoms with van der Waals surface area (Å²) in [5.74, 6) is -0.00635. The highest BCUT2D eigenvalue weighted by molar-refractivity contribution is 5.93. The molecule has 0 radical (unpaired) electrons. The van der Waals surface area contributed by atoms with Gasteiger partial charge in [0.2, 0.25) is 0 Å². The Kier molecular flexibility index (Phi) is 6.26. The highest BCUT2D eigenvalue weighted by Gasteiger charge is 2.26. The average molecular weight is 388 g/mol. The van der Waals surface area contributed by atoms with Gasteiger partial charge in [-0.2, -0.15) is 0 Å². The number of carbonyl (C=O) groups is 1. The van der Waals surface area contributed by atoms with Crippen LogP contribution in [0.5, 0.6) is 0 Å². The smallest absolute Gasteiger partial charge is 0.310 e. The van der Waals surface area contributed by atoms with Gasteiger partial charge in [0, 0.05) is 13.1 Å². The minimum atomic E-state index is -0.0340. The monoisotopic (exact) mass is 387 g/mol. The molecular weight excluding hydrogens is 358 g/mol. The Morgan fingerprint density at radius 3 is 2.38 bits per heavy atom. The highest BCUT2D eigenvalue weighted by atomic mass is 16.5. The molecule has 0 saturated carbocycles. The Morgan fingerprint density at radius 1 is 1.07 bits per heavy atom. The molecule has 150 valence electrons. The third kappa shape index (κ3) is 4.51. The Hall–Kier alpha value is -2.65. The Labute approximate surface area is 173 Å².